The van der Waals surface area contributed by atoms with Gasteiger partial charge in [-0.1, -0.05) is 42.5 Å². The van der Waals surface area contributed by atoms with Gasteiger partial charge in [-0.05, 0) is 59.3 Å². The van der Waals surface area contributed by atoms with Crippen molar-refractivity contribution < 1.29 is 14.0 Å². The second-order valence-corrected chi connectivity index (χ2v) is 7.91. The van der Waals surface area contributed by atoms with E-state index in [2.05, 4.69) is 10.6 Å². The van der Waals surface area contributed by atoms with Crippen molar-refractivity contribution in [3.63, 3.8) is 0 Å². The maximum Gasteiger partial charge on any atom is 0.255 e. The fraction of sp³-hybridized carbons (Fsp3) is 0.0400. The van der Waals surface area contributed by atoms with Gasteiger partial charge in [0.05, 0.1) is 11.4 Å². The molecule has 154 valence electrons. The van der Waals surface area contributed by atoms with Crippen LogP contribution in [0.3, 0.4) is 0 Å². The fourth-order valence-electron chi connectivity index (χ4n) is 3.07. The van der Waals surface area contributed by atoms with Crippen LogP contribution in [-0.4, -0.2) is 17.6 Å². The summed E-state index contributed by atoms with van der Waals surface area (Å²) in [4.78, 5) is 25.5. The summed E-state index contributed by atoms with van der Waals surface area (Å²) < 4.78 is 13.6. The molecule has 4 nitrogen and oxygen atoms in total. The molecule has 0 saturated heterocycles. The van der Waals surface area contributed by atoms with E-state index in [0.29, 0.717) is 11.3 Å². The molecule has 0 fully saturated rings. The minimum atomic E-state index is -0.465. The van der Waals surface area contributed by atoms with E-state index in [1.807, 2.05) is 48.5 Å². The number of benzene rings is 4. The number of para-hydroxylation sites is 1. The van der Waals surface area contributed by atoms with Crippen molar-refractivity contribution in [1.29, 1.82) is 0 Å². The molecular weight excluding hydrogens is 411 g/mol. The van der Waals surface area contributed by atoms with Crippen LogP contribution < -0.4 is 10.6 Å². The smallest absolute Gasteiger partial charge is 0.255 e. The first-order chi connectivity index (χ1) is 15.1. The molecule has 0 unspecified atom stereocenters. The molecule has 2 N–H and O–H groups in total. The molecule has 0 aliphatic heterocycles. The predicted molar refractivity (Wildman–Crippen MR) is 124 cm³/mol. The van der Waals surface area contributed by atoms with Gasteiger partial charge in [-0.2, -0.15) is 0 Å². The lowest BCUT2D eigenvalue weighted by atomic mass is 10.1. The Balaban J connectivity index is 1.32. The Morgan fingerprint density at radius 3 is 2.26 bits per heavy atom. The highest BCUT2D eigenvalue weighted by Gasteiger charge is 2.09. The molecule has 0 atom stereocenters. The number of hydrogen-bond acceptors (Lipinski definition) is 3. The average Bonchev–Trinajstić information content (AvgIpc) is 2.80. The largest absolute Gasteiger partial charge is 0.323 e. The number of thioether (sulfide) groups is 1. The van der Waals surface area contributed by atoms with E-state index >= 15 is 0 Å². The van der Waals surface area contributed by atoms with Gasteiger partial charge in [0.1, 0.15) is 5.82 Å². The number of nitrogens with one attached hydrogen (secondary N) is 2. The Bertz CT molecular complexity index is 1240. The molecule has 0 aliphatic rings. The topological polar surface area (TPSA) is 58.2 Å². The Hall–Kier alpha value is -3.64. The molecule has 0 radical (unpaired) electrons. The van der Waals surface area contributed by atoms with Crippen molar-refractivity contribution >= 4 is 45.7 Å². The van der Waals surface area contributed by atoms with Crippen LogP contribution in [0.25, 0.3) is 10.8 Å². The lowest BCUT2D eigenvalue weighted by Gasteiger charge is -2.08. The Morgan fingerprint density at radius 2 is 1.48 bits per heavy atom. The van der Waals surface area contributed by atoms with Crippen molar-refractivity contribution in [3.05, 3.63) is 102 Å². The van der Waals surface area contributed by atoms with Crippen molar-refractivity contribution in [2.24, 2.45) is 0 Å². The zero-order valence-electron chi connectivity index (χ0n) is 16.5. The predicted octanol–water partition coefficient (Wildman–Crippen LogP) is 5.96. The highest BCUT2D eigenvalue weighted by Crippen LogP contribution is 2.22. The minimum Gasteiger partial charge on any atom is -0.323 e. The maximum absolute atomic E-state index is 13.6. The summed E-state index contributed by atoms with van der Waals surface area (Å²) in [7, 11) is 0. The van der Waals surface area contributed by atoms with Crippen LogP contribution in [0.5, 0.6) is 0 Å². The van der Waals surface area contributed by atoms with E-state index in [1.165, 1.54) is 23.9 Å². The number of carbonyl (C=O) groups is 2. The van der Waals surface area contributed by atoms with E-state index in [9.17, 15) is 14.0 Å². The highest BCUT2D eigenvalue weighted by atomic mass is 32.2. The molecule has 6 heteroatoms. The number of carbonyl (C=O) groups excluding carboxylic acids is 2. The minimum absolute atomic E-state index is 0.150. The number of rotatable bonds is 6. The zero-order valence-corrected chi connectivity index (χ0v) is 17.3. The van der Waals surface area contributed by atoms with Crippen LogP contribution >= 0.6 is 11.8 Å². The summed E-state index contributed by atoms with van der Waals surface area (Å²) in [6, 6.07) is 26.8. The molecule has 4 aromatic rings. The van der Waals surface area contributed by atoms with Crippen LogP contribution in [0.1, 0.15) is 10.4 Å². The van der Waals surface area contributed by atoms with Crippen molar-refractivity contribution in [3.8, 4) is 0 Å². The van der Waals surface area contributed by atoms with E-state index in [1.54, 1.807) is 30.3 Å². The average molecular weight is 431 g/mol. The van der Waals surface area contributed by atoms with Gasteiger partial charge in [-0.3, -0.25) is 9.59 Å². The first-order valence-electron chi connectivity index (χ1n) is 9.66. The zero-order chi connectivity index (χ0) is 21.6. The number of halogens is 1. The highest BCUT2D eigenvalue weighted by molar-refractivity contribution is 8.00. The molecule has 4 aromatic carbocycles. The quantitative estimate of drug-likeness (QED) is 0.371. The van der Waals surface area contributed by atoms with Crippen molar-refractivity contribution in [2.45, 2.75) is 4.90 Å². The molecule has 0 saturated carbocycles. The summed E-state index contributed by atoms with van der Waals surface area (Å²) in [6.45, 7) is 0. The summed E-state index contributed by atoms with van der Waals surface area (Å²) in [6.07, 6.45) is 0. The SMILES string of the molecule is O=C(CSc1ccc(NC(=O)c2ccc3ccccc3c2)cc1)Nc1ccccc1F. The fourth-order valence-corrected chi connectivity index (χ4v) is 3.76. The third kappa shape index (κ3) is 5.29. The van der Waals surface area contributed by atoms with Crippen LogP contribution in [0.4, 0.5) is 15.8 Å². The first kappa shape index (κ1) is 20.6. The second-order valence-electron chi connectivity index (χ2n) is 6.86. The normalized spacial score (nSPS) is 10.6. The van der Waals surface area contributed by atoms with Gasteiger partial charge < -0.3 is 10.6 Å². The van der Waals surface area contributed by atoms with E-state index in [-0.39, 0.29) is 23.3 Å². The molecule has 0 bridgehead atoms. The number of fused-ring (bicyclic) bond motifs is 1. The van der Waals surface area contributed by atoms with Gasteiger partial charge in [0.2, 0.25) is 5.91 Å². The second kappa shape index (κ2) is 9.45. The standard InChI is InChI=1S/C25H19FN2O2S/c26-22-7-3-4-8-23(22)28-24(29)16-31-21-13-11-20(12-14-21)27-25(30)19-10-9-17-5-1-2-6-18(17)15-19/h1-15H,16H2,(H,27,30)(H,28,29). The lowest BCUT2D eigenvalue weighted by molar-refractivity contribution is -0.113. The molecule has 0 heterocycles. The first-order valence-corrected chi connectivity index (χ1v) is 10.6. The monoisotopic (exact) mass is 430 g/mol. The van der Waals surface area contributed by atoms with Crippen LogP contribution in [-0.2, 0) is 4.79 Å². The molecule has 2 amide bonds. The summed E-state index contributed by atoms with van der Waals surface area (Å²) in [5.41, 5.74) is 1.42. The van der Waals surface area contributed by atoms with Crippen LogP contribution in [0.2, 0.25) is 0 Å². The van der Waals surface area contributed by atoms with Gasteiger partial charge >= 0.3 is 0 Å². The lowest BCUT2D eigenvalue weighted by Crippen LogP contribution is -2.15. The Morgan fingerprint density at radius 1 is 0.774 bits per heavy atom. The van der Waals surface area contributed by atoms with Gasteiger partial charge in [0.15, 0.2) is 0 Å². The maximum atomic E-state index is 13.6. The number of hydrogen-bond donors (Lipinski definition) is 2. The molecule has 0 aromatic heterocycles. The summed E-state index contributed by atoms with van der Waals surface area (Å²) in [5, 5.41) is 7.53. The van der Waals surface area contributed by atoms with Crippen molar-refractivity contribution in [2.75, 3.05) is 16.4 Å². The molecule has 31 heavy (non-hydrogen) atoms. The van der Waals surface area contributed by atoms with E-state index in [0.717, 1.165) is 15.7 Å². The number of amides is 2. The van der Waals surface area contributed by atoms with Gasteiger partial charge in [-0.25, -0.2) is 4.39 Å². The van der Waals surface area contributed by atoms with Crippen molar-refractivity contribution in [1.82, 2.24) is 0 Å². The van der Waals surface area contributed by atoms with Gasteiger partial charge in [-0.15, -0.1) is 11.8 Å². The summed E-state index contributed by atoms with van der Waals surface area (Å²) >= 11 is 1.33. The van der Waals surface area contributed by atoms with E-state index in [4.69, 9.17) is 0 Å². The molecular formula is C25H19FN2O2S. The van der Waals surface area contributed by atoms with Gasteiger partial charge in [0.25, 0.3) is 5.91 Å². The third-order valence-corrected chi connectivity index (χ3v) is 5.65. The van der Waals surface area contributed by atoms with Crippen LogP contribution in [0.15, 0.2) is 95.9 Å². The number of anilines is 2. The van der Waals surface area contributed by atoms with Gasteiger partial charge in [0, 0.05) is 16.1 Å². The molecule has 0 aliphatic carbocycles. The summed E-state index contributed by atoms with van der Waals surface area (Å²) in [5.74, 6) is -0.788. The Labute approximate surface area is 183 Å². The van der Waals surface area contributed by atoms with Crippen LogP contribution in [0, 0.1) is 5.82 Å². The van der Waals surface area contributed by atoms with E-state index < -0.39 is 5.82 Å². The third-order valence-electron chi connectivity index (χ3n) is 4.64. The molecule has 0 spiro atoms. The Kier molecular flexibility index (Phi) is 6.29. The molecule has 4 rings (SSSR count).